The molecular weight excluding hydrogens is 609 g/mol. The molecule has 0 amide bonds. The Morgan fingerprint density at radius 1 is 1.25 bits per heavy atom. The molecule has 0 saturated heterocycles. The largest absolute Gasteiger partial charge is 0.478 e. The van der Waals surface area contributed by atoms with Crippen molar-refractivity contribution in [1.82, 2.24) is 9.97 Å². The molecule has 0 aliphatic heterocycles. The summed E-state index contributed by atoms with van der Waals surface area (Å²) in [6.45, 7) is 3.69. The fraction of sp³-hybridized carbons (Fsp3) is 0.286. The number of nitrogens with zero attached hydrogens (tertiary/aromatic N) is 2. The van der Waals surface area contributed by atoms with Gasteiger partial charge in [0.25, 0.3) is 5.01 Å². The van der Waals surface area contributed by atoms with Crippen LogP contribution in [0.25, 0.3) is 10.6 Å². The fourth-order valence-corrected chi connectivity index (χ4v) is 6.65. The van der Waals surface area contributed by atoms with Crippen molar-refractivity contribution in [1.29, 1.82) is 0 Å². The lowest BCUT2D eigenvalue weighted by Gasteiger charge is -2.22. The molecule has 3 heterocycles. The number of aliphatic hydroxyl groups is 1. The molecule has 7 nitrogen and oxygen atoms in total. The molecule has 0 fully saturated rings. The van der Waals surface area contributed by atoms with Crippen LogP contribution in [0.1, 0.15) is 41.0 Å². The maximum absolute atomic E-state index is 13.2. The van der Waals surface area contributed by atoms with E-state index in [1.165, 1.54) is 17.4 Å². The molecule has 3 aromatic heterocycles. The summed E-state index contributed by atoms with van der Waals surface area (Å²) in [6, 6.07) is 1.84. The van der Waals surface area contributed by atoms with Gasteiger partial charge in [0.05, 0.1) is 11.1 Å². The number of H-pyrrole nitrogens is 1. The lowest BCUT2D eigenvalue weighted by Crippen LogP contribution is -2.31. The van der Waals surface area contributed by atoms with Gasteiger partial charge < -0.3 is 15.5 Å². The van der Waals surface area contributed by atoms with Gasteiger partial charge in [-0.2, -0.15) is 13.2 Å². The second kappa shape index (κ2) is 10.6. The average Bonchev–Trinajstić information content (AvgIpc) is 3.22. The highest BCUT2D eigenvalue weighted by Gasteiger charge is 2.42. The van der Waals surface area contributed by atoms with E-state index in [0.717, 1.165) is 29.5 Å². The number of nitrogens with one attached hydrogen (secondary N) is 2. The van der Waals surface area contributed by atoms with Crippen LogP contribution < -0.4 is 10.3 Å². The lowest BCUT2D eigenvalue weighted by molar-refractivity contribution is -0.397. The second-order valence-electron chi connectivity index (χ2n) is 9.81. The Morgan fingerprint density at radius 3 is 2.75 bits per heavy atom. The van der Waals surface area contributed by atoms with Crippen LogP contribution >= 0.6 is 27.3 Å². The van der Waals surface area contributed by atoms with E-state index in [9.17, 15) is 28.2 Å². The molecule has 208 valence electrons. The number of alkyl halides is 3. The van der Waals surface area contributed by atoms with Gasteiger partial charge in [0.1, 0.15) is 22.2 Å². The molecule has 12 heteroatoms. The number of carboxylic acids is 1. The average molecular weight is 634 g/mol. The first-order valence-corrected chi connectivity index (χ1v) is 14.0. The van der Waals surface area contributed by atoms with Gasteiger partial charge in [-0.1, -0.05) is 29.6 Å². The van der Waals surface area contributed by atoms with Crippen molar-refractivity contribution < 1.29 is 33.2 Å². The molecule has 5 rings (SSSR count). The number of hydrogen-bond acceptors (Lipinski definition) is 6. The van der Waals surface area contributed by atoms with Gasteiger partial charge in [-0.05, 0) is 89.9 Å². The quantitative estimate of drug-likeness (QED) is 0.290. The first-order valence-electron chi connectivity index (χ1n) is 12.4. The Hall–Kier alpha value is -3.35. The molecule has 2 aliphatic carbocycles. The highest BCUT2D eigenvalue weighted by molar-refractivity contribution is 9.10. The molecule has 0 saturated carbocycles. The molecule has 2 atom stereocenters. The van der Waals surface area contributed by atoms with Crippen LogP contribution in [0.2, 0.25) is 0 Å². The third-order valence-electron chi connectivity index (χ3n) is 7.20. The van der Waals surface area contributed by atoms with Crippen molar-refractivity contribution in [2.75, 3.05) is 5.32 Å². The van der Waals surface area contributed by atoms with E-state index in [0.29, 0.717) is 50.7 Å². The van der Waals surface area contributed by atoms with Gasteiger partial charge in [-0.15, -0.1) is 0 Å². The standard InChI is InChI=1S/C28H24BrF3N4O3S/c1-14-15(2)24(35-21-12-19(7-9-33-21)28(30,31)32)36-23(22(14)29)20-13-34-26(40-20)27(39)8-3-4-16-10-17(25(37)38)5-6-18(27)11-16/h5-7,9-13,16,39H,3-4,8H2,1-2H3,(H,37,38)(H,33,35,36)/p+1. The van der Waals surface area contributed by atoms with Crippen molar-refractivity contribution in [3.8, 4) is 10.6 Å². The Balaban J connectivity index is 1.51. The predicted molar refractivity (Wildman–Crippen MR) is 148 cm³/mol. The number of carboxylic acid groups (broad SMARTS) is 1. The summed E-state index contributed by atoms with van der Waals surface area (Å²) in [5.41, 5.74) is 0.755. The Bertz CT molecular complexity index is 1600. The van der Waals surface area contributed by atoms with Crippen molar-refractivity contribution in [3.05, 3.63) is 86.1 Å². The number of aliphatic carboxylic acids is 1. The zero-order valence-corrected chi connectivity index (χ0v) is 23.8. The van der Waals surface area contributed by atoms with E-state index in [1.54, 1.807) is 18.3 Å². The number of aromatic amines is 1. The molecule has 40 heavy (non-hydrogen) atoms. The van der Waals surface area contributed by atoms with Gasteiger partial charge in [-0.25, -0.2) is 19.7 Å². The Morgan fingerprint density at radius 2 is 2.02 bits per heavy atom. The third-order valence-corrected chi connectivity index (χ3v) is 9.36. The number of allylic oxidation sites excluding steroid dienone is 2. The number of rotatable bonds is 5. The summed E-state index contributed by atoms with van der Waals surface area (Å²) < 4.78 is 40.4. The van der Waals surface area contributed by atoms with Gasteiger partial charge in [0, 0.05) is 10.7 Å². The Kier molecular flexibility index (Phi) is 7.45. The highest BCUT2D eigenvalue weighted by atomic mass is 79.9. The number of halogens is 4. The first-order chi connectivity index (χ1) is 18.9. The second-order valence-corrected chi connectivity index (χ2v) is 11.7. The minimum absolute atomic E-state index is 0.0141. The van der Waals surface area contributed by atoms with Crippen molar-refractivity contribution in [2.24, 2.45) is 5.92 Å². The number of fused-ring (bicyclic) bond motifs is 1. The van der Waals surface area contributed by atoms with E-state index in [2.05, 4.69) is 31.2 Å². The zero-order valence-electron chi connectivity index (χ0n) is 21.4. The monoisotopic (exact) mass is 633 g/mol. The summed E-state index contributed by atoms with van der Waals surface area (Å²) in [5, 5.41) is 24.9. The number of hydrogen-bond donors (Lipinski definition) is 3. The van der Waals surface area contributed by atoms with Crippen LogP contribution in [-0.4, -0.2) is 26.2 Å². The molecule has 2 bridgehead atoms. The van der Waals surface area contributed by atoms with E-state index >= 15 is 0 Å². The van der Waals surface area contributed by atoms with E-state index in [-0.39, 0.29) is 17.3 Å². The number of thiazole rings is 1. The van der Waals surface area contributed by atoms with Gasteiger partial charge >= 0.3 is 12.1 Å². The van der Waals surface area contributed by atoms with Crippen LogP contribution in [0, 0.1) is 19.8 Å². The van der Waals surface area contributed by atoms with Crippen LogP contribution in [0.3, 0.4) is 0 Å². The normalized spacial score (nSPS) is 20.8. The predicted octanol–water partition coefficient (Wildman–Crippen LogP) is 6.66. The van der Waals surface area contributed by atoms with Gasteiger partial charge in [0.15, 0.2) is 11.8 Å². The molecule has 0 aromatic carbocycles. The molecule has 2 unspecified atom stereocenters. The molecule has 0 radical (unpaired) electrons. The number of anilines is 2. The van der Waals surface area contributed by atoms with Crippen molar-refractivity contribution in [3.63, 3.8) is 0 Å². The van der Waals surface area contributed by atoms with Gasteiger partial charge in [0.2, 0.25) is 0 Å². The number of aromatic nitrogens is 3. The smallest absolute Gasteiger partial charge is 0.416 e. The minimum atomic E-state index is -4.50. The topological polar surface area (TPSA) is 109 Å². The van der Waals surface area contributed by atoms with Crippen LogP contribution in [-0.2, 0) is 16.6 Å². The fourth-order valence-electron chi connectivity index (χ4n) is 4.83. The van der Waals surface area contributed by atoms with Crippen molar-refractivity contribution >= 4 is 44.9 Å². The molecular formula is C28H25BrF3N4O3S+. The van der Waals surface area contributed by atoms with Crippen LogP contribution in [0.15, 0.2) is 64.4 Å². The number of carbonyl (C=O) groups is 1. The summed E-state index contributed by atoms with van der Waals surface area (Å²) in [5.74, 6) is -0.742. The van der Waals surface area contributed by atoms with Crippen LogP contribution in [0.4, 0.5) is 24.8 Å². The van der Waals surface area contributed by atoms with E-state index < -0.39 is 23.3 Å². The minimum Gasteiger partial charge on any atom is -0.478 e. The van der Waals surface area contributed by atoms with Crippen molar-refractivity contribution in [2.45, 2.75) is 44.9 Å². The zero-order chi connectivity index (χ0) is 28.8. The third kappa shape index (κ3) is 5.35. The summed E-state index contributed by atoms with van der Waals surface area (Å²) >= 11 is 4.93. The van der Waals surface area contributed by atoms with E-state index in [4.69, 9.17) is 4.98 Å². The van der Waals surface area contributed by atoms with E-state index in [1.807, 2.05) is 19.9 Å². The maximum Gasteiger partial charge on any atom is 0.416 e. The SMILES string of the molecule is Cc1c(Nc2cc(C(F)(F)F)ccn2)nc(-c2c[nH+]c(C3(O)CCCC4C=C(C(=O)O)C=CC3=C4)s2)c(Br)c1C. The van der Waals surface area contributed by atoms with Crippen LogP contribution in [0.5, 0.6) is 0 Å². The molecule has 4 N–H and O–H groups in total. The summed E-state index contributed by atoms with van der Waals surface area (Å²) in [7, 11) is 0. The Labute approximate surface area is 240 Å². The molecule has 2 aliphatic rings. The molecule has 3 aromatic rings. The highest BCUT2D eigenvalue weighted by Crippen LogP contribution is 2.44. The maximum atomic E-state index is 13.2. The number of pyridine rings is 2. The summed E-state index contributed by atoms with van der Waals surface area (Å²) in [4.78, 5) is 24.2. The van der Waals surface area contributed by atoms with Gasteiger partial charge in [-0.3, -0.25) is 0 Å². The summed E-state index contributed by atoms with van der Waals surface area (Å²) in [6.07, 6.45) is 6.97. The molecule has 0 spiro atoms. The lowest BCUT2D eigenvalue weighted by atomic mass is 9.90. The first kappa shape index (κ1) is 28.2.